The van der Waals surface area contributed by atoms with Gasteiger partial charge in [-0.1, -0.05) is 0 Å². The lowest BCUT2D eigenvalue weighted by Crippen LogP contribution is -2.46. The molecule has 3 aliphatic rings. The second-order valence-electron chi connectivity index (χ2n) is 7.21. The van der Waals surface area contributed by atoms with Crippen LogP contribution in [0.15, 0.2) is 21.7 Å². The Bertz CT molecular complexity index is 917. The van der Waals surface area contributed by atoms with Crippen LogP contribution in [0.3, 0.4) is 0 Å². The second-order valence-corrected chi connectivity index (χ2v) is 9.57. The van der Waals surface area contributed by atoms with Gasteiger partial charge in [-0.15, -0.1) is 11.3 Å². The molecule has 1 aromatic rings. The van der Waals surface area contributed by atoms with Crippen LogP contribution in [0, 0.1) is 10.1 Å². The minimum absolute atomic E-state index is 0.0115. The summed E-state index contributed by atoms with van der Waals surface area (Å²) < 4.78 is 17.5. The number of hydrogen-bond acceptors (Lipinski definition) is 8. The van der Waals surface area contributed by atoms with Crippen molar-refractivity contribution in [1.82, 2.24) is 10.2 Å². The number of amidine groups is 2. The summed E-state index contributed by atoms with van der Waals surface area (Å²) in [5.41, 5.74) is 1.34. The molecule has 0 radical (unpaired) electrons. The van der Waals surface area contributed by atoms with Crippen LogP contribution >= 0.6 is 11.3 Å². The first-order valence-electron chi connectivity index (χ1n) is 9.51. The number of nitro groups is 1. The zero-order chi connectivity index (χ0) is 20.4. The van der Waals surface area contributed by atoms with Gasteiger partial charge in [0.2, 0.25) is 5.70 Å². The maximum Gasteiger partial charge on any atom is 0.247 e. The van der Waals surface area contributed by atoms with Crippen molar-refractivity contribution >= 4 is 44.2 Å². The average Bonchev–Trinajstić information content (AvgIpc) is 3.09. The van der Waals surface area contributed by atoms with Gasteiger partial charge in [-0.05, 0) is 18.1 Å². The topological polar surface area (TPSA) is 109 Å². The molecule has 1 saturated heterocycles. The number of morpholine rings is 1. The summed E-state index contributed by atoms with van der Waals surface area (Å²) in [6, 6.07) is 1.98. The maximum absolute atomic E-state index is 12.1. The van der Waals surface area contributed by atoms with Gasteiger partial charge in [-0.2, -0.15) is 0 Å². The fourth-order valence-electron chi connectivity index (χ4n) is 3.61. The molecule has 2 unspecified atom stereocenters. The molecule has 4 rings (SSSR count). The lowest BCUT2D eigenvalue weighted by molar-refractivity contribution is -0.426. The highest BCUT2D eigenvalue weighted by Crippen LogP contribution is 2.36. The highest BCUT2D eigenvalue weighted by Gasteiger charge is 2.25. The maximum atomic E-state index is 12.1. The van der Waals surface area contributed by atoms with E-state index in [1.807, 2.05) is 6.07 Å². The number of aliphatic imine (C=N–C) groups is 2. The quantitative estimate of drug-likeness (QED) is 0.568. The van der Waals surface area contributed by atoms with E-state index >= 15 is 0 Å². The predicted molar refractivity (Wildman–Crippen MR) is 115 cm³/mol. The number of nitrogens with one attached hydrogen (secondary N) is 1. The van der Waals surface area contributed by atoms with E-state index < -0.39 is 10.8 Å². The second kappa shape index (κ2) is 8.82. The molecule has 1 N–H and O–H groups in total. The Morgan fingerprint density at radius 2 is 2.24 bits per heavy atom. The van der Waals surface area contributed by atoms with Gasteiger partial charge < -0.3 is 10.1 Å². The van der Waals surface area contributed by atoms with Crippen LogP contribution in [0.1, 0.15) is 23.3 Å². The Hall–Kier alpha value is -1.95. The Morgan fingerprint density at radius 3 is 2.97 bits per heavy atom. The molecule has 0 bridgehead atoms. The summed E-state index contributed by atoms with van der Waals surface area (Å²) in [5, 5.41) is 15.4. The van der Waals surface area contributed by atoms with Crippen molar-refractivity contribution in [1.29, 1.82) is 0 Å². The molecule has 0 aromatic carbocycles. The molecule has 0 spiro atoms. The molecule has 1 fully saturated rings. The Morgan fingerprint density at radius 1 is 1.45 bits per heavy atom. The zero-order valence-electron chi connectivity index (χ0n) is 16.1. The highest BCUT2D eigenvalue weighted by atomic mass is 32.2. The van der Waals surface area contributed by atoms with Gasteiger partial charge in [0.15, 0.2) is 5.17 Å². The molecule has 11 heteroatoms. The third-order valence-electron chi connectivity index (χ3n) is 5.08. The van der Waals surface area contributed by atoms with Gasteiger partial charge in [-0.3, -0.25) is 24.2 Å². The lowest BCUT2D eigenvalue weighted by Gasteiger charge is -2.31. The molecule has 1 aromatic heterocycles. The van der Waals surface area contributed by atoms with Gasteiger partial charge in [-0.25, -0.2) is 4.99 Å². The monoisotopic (exact) mass is 437 g/mol. The van der Waals surface area contributed by atoms with Crippen molar-refractivity contribution in [3.05, 3.63) is 32.3 Å². The SMILES string of the molecule is CS(=O)C1=NC(CN2CCOCC2)CC(=Nc2cc3c(s2)C=C([N+](=O)[O-])CC3)N1. The molecule has 3 heterocycles. The first-order valence-corrected chi connectivity index (χ1v) is 11.9. The van der Waals surface area contributed by atoms with E-state index in [-0.39, 0.29) is 16.7 Å². The number of fused-ring (bicyclic) bond motifs is 1. The smallest absolute Gasteiger partial charge is 0.247 e. The third kappa shape index (κ3) is 4.97. The molecule has 2 atom stereocenters. The number of thiophene rings is 1. The molecule has 1 aliphatic carbocycles. The summed E-state index contributed by atoms with van der Waals surface area (Å²) in [6.45, 7) is 3.98. The molecule has 29 heavy (non-hydrogen) atoms. The normalized spacial score (nSPS) is 25.0. The largest absolute Gasteiger partial charge is 0.379 e. The Labute approximate surface area is 175 Å². The molecule has 0 amide bonds. The van der Waals surface area contributed by atoms with Crippen molar-refractivity contribution < 1.29 is 13.9 Å². The number of ether oxygens (including phenoxy) is 1. The van der Waals surface area contributed by atoms with E-state index in [1.165, 1.54) is 11.3 Å². The van der Waals surface area contributed by atoms with E-state index in [0.717, 1.165) is 54.1 Å². The summed E-state index contributed by atoms with van der Waals surface area (Å²) in [7, 11) is -1.23. The van der Waals surface area contributed by atoms with Gasteiger partial charge in [0.25, 0.3) is 0 Å². The number of allylic oxidation sites excluding steroid dienone is 1. The summed E-state index contributed by atoms with van der Waals surface area (Å²) in [4.78, 5) is 23.3. The summed E-state index contributed by atoms with van der Waals surface area (Å²) >= 11 is 1.45. The first-order chi connectivity index (χ1) is 14.0. The fraction of sp³-hybridized carbons (Fsp3) is 0.556. The van der Waals surface area contributed by atoms with E-state index in [9.17, 15) is 14.3 Å². The number of rotatable bonds is 4. The van der Waals surface area contributed by atoms with Crippen molar-refractivity contribution in [3.8, 4) is 0 Å². The summed E-state index contributed by atoms with van der Waals surface area (Å²) in [6.07, 6.45) is 4.99. The van der Waals surface area contributed by atoms with E-state index in [4.69, 9.17) is 9.73 Å². The molecule has 156 valence electrons. The van der Waals surface area contributed by atoms with Gasteiger partial charge >= 0.3 is 0 Å². The van der Waals surface area contributed by atoms with Gasteiger partial charge in [0.1, 0.15) is 10.8 Å². The molecule has 2 aliphatic heterocycles. The third-order valence-corrected chi connectivity index (χ3v) is 6.85. The Balaban J connectivity index is 1.53. The van der Waals surface area contributed by atoms with E-state index in [2.05, 4.69) is 15.2 Å². The highest BCUT2D eigenvalue weighted by molar-refractivity contribution is 7.99. The van der Waals surface area contributed by atoms with Crippen molar-refractivity contribution in [2.75, 3.05) is 39.1 Å². The molecule has 9 nitrogen and oxygen atoms in total. The van der Waals surface area contributed by atoms with Crippen LogP contribution in [-0.2, 0) is 22.0 Å². The summed E-state index contributed by atoms with van der Waals surface area (Å²) in [5.74, 6) is 0.737. The van der Waals surface area contributed by atoms with Crippen LogP contribution in [0.25, 0.3) is 6.08 Å². The van der Waals surface area contributed by atoms with Crippen molar-refractivity contribution in [2.24, 2.45) is 9.98 Å². The van der Waals surface area contributed by atoms with Crippen LogP contribution in [0.5, 0.6) is 0 Å². The zero-order valence-corrected chi connectivity index (χ0v) is 17.8. The van der Waals surface area contributed by atoms with Crippen molar-refractivity contribution in [2.45, 2.75) is 25.3 Å². The van der Waals surface area contributed by atoms with Crippen LogP contribution < -0.4 is 5.32 Å². The average molecular weight is 438 g/mol. The molecule has 0 saturated carbocycles. The number of nitrogens with zero attached hydrogens (tertiary/aromatic N) is 4. The van der Waals surface area contributed by atoms with E-state index in [0.29, 0.717) is 24.4 Å². The Kier molecular flexibility index (Phi) is 6.18. The predicted octanol–water partition coefficient (Wildman–Crippen LogP) is 1.77. The standard InChI is InChI=1S/C18H23N5O4S2/c1-29(26)18-19-13(11-22-4-6-27-7-5-22)9-16(21-18)20-17-8-12-2-3-14(23(24)25)10-15(12)28-17/h8,10,13H,2-7,9,11H2,1H3,(H,19,20,21). The minimum atomic E-state index is -1.23. The van der Waals surface area contributed by atoms with Gasteiger partial charge in [0.05, 0.1) is 35.0 Å². The van der Waals surface area contributed by atoms with Crippen LogP contribution in [-0.4, -0.2) is 70.2 Å². The first kappa shape index (κ1) is 20.3. The molecular formula is C18H23N5O4S2. The lowest BCUT2D eigenvalue weighted by atomic mass is 10.0. The van der Waals surface area contributed by atoms with Crippen LogP contribution in [0.4, 0.5) is 5.00 Å². The van der Waals surface area contributed by atoms with E-state index in [1.54, 1.807) is 12.3 Å². The van der Waals surface area contributed by atoms with Crippen LogP contribution in [0.2, 0.25) is 0 Å². The van der Waals surface area contributed by atoms with Crippen molar-refractivity contribution in [3.63, 3.8) is 0 Å². The molecular weight excluding hydrogens is 414 g/mol. The minimum Gasteiger partial charge on any atom is -0.379 e. The fourth-order valence-corrected chi connectivity index (χ4v) is 5.24. The van der Waals surface area contributed by atoms with Gasteiger partial charge in [0, 0.05) is 49.7 Å². The number of aryl methyl sites for hydroxylation is 1. The number of hydrogen-bond donors (Lipinski definition) is 1.